The standard InChI is InChI=1S/C58H39FO/c59-47-37-31-42(32-38-47)50(39-40-27-33-45(34-28-40)57(43-15-3-1-4-16-43)51-21-9-7-19-48(51)49-20-8-10-22-52(49)57)41-29-35-46(36-30-41)58(44-17-5-2-6-18-44)53-23-11-13-25-55(53)60-56-26-14-12-24-54(56)58/h1-39H/b50-39-. The minimum atomic E-state index is -0.618. The molecule has 0 radical (unpaired) electrons. The number of hydrogen-bond donors (Lipinski definition) is 0. The topological polar surface area (TPSA) is 9.23 Å². The lowest BCUT2D eigenvalue weighted by Gasteiger charge is -2.41. The summed E-state index contributed by atoms with van der Waals surface area (Å²) in [6.45, 7) is 0. The van der Waals surface area contributed by atoms with E-state index < -0.39 is 10.8 Å². The van der Waals surface area contributed by atoms with Gasteiger partial charge in [-0.2, -0.15) is 0 Å². The number of hydrogen-bond acceptors (Lipinski definition) is 1. The van der Waals surface area contributed by atoms with Crippen LogP contribution < -0.4 is 4.74 Å². The molecule has 11 rings (SSSR count). The molecule has 0 saturated carbocycles. The van der Waals surface area contributed by atoms with Gasteiger partial charge in [-0.15, -0.1) is 0 Å². The molecule has 1 aliphatic carbocycles. The lowest BCUT2D eigenvalue weighted by molar-refractivity contribution is 0.434. The van der Waals surface area contributed by atoms with Gasteiger partial charge in [0.15, 0.2) is 0 Å². The molecule has 0 unspecified atom stereocenters. The average molecular weight is 771 g/mol. The first-order valence-corrected chi connectivity index (χ1v) is 20.5. The Morgan fingerprint density at radius 1 is 0.350 bits per heavy atom. The Hall–Kier alpha value is -7.55. The number of fused-ring (bicyclic) bond motifs is 5. The van der Waals surface area contributed by atoms with Crippen molar-refractivity contribution >= 4 is 11.6 Å². The van der Waals surface area contributed by atoms with Crippen LogP contribution in [0.15, 0.2) is 231 Å². The summed E-state index contributed by atoms with van der Waals surface area (Å²) >= 11 is 0. The van der Waals surface area contributed by atoms with Crippen molar-refractivity contribution < 1.29 is 9.13 Å². The summed E-state index contributed by atoms with van der Waals surface area (Å²) in [5.74, 6) is 1.43. The van der Waals surface area contributed by atoms with Gasteiger partial charge >= 0.3 is 0 Å². The van der Waals surface area contributed by atoms with Gasteiger partial charge in [-0.1, -0.05) is 206 Å². The van der Waals surface area contributed by atoms with Crippen LogP contribution in [-0.2, 0) is 10.8 Å². The van der Waals surface area contributed by atoms with E-state index in [0.29, 0.717) is 0 Å². The van der Waals surface area contributed by atoms with E-state index in [2.05, 4.69) is 200 Å². The van der Waals surface area contributed by atoms with Gasteiger partial charge in [-0.3, -0.25) is 0 Å². The molecule has 0 aromatic heterocycles. The molecule has 9 aromatic carbocycles. The second kappa shape index (κ2) is 14.4. The van der Waals surface area contributed by atoms with Gasteiger partial charge in [-0.05, 0) is 97.1 Å². The molecule has 0 bridgehead atoms. The van der Waals surface area contributed by atoms with E-state index in [9.17, 15) is 4.39 Å². The van der Waals surface area contributed by atoms with E-state index in [1.54, 1.807) is 12.1 Å². The Bertz CT molecular complexity index is 2950. The zero-order valence-corrected chi connectivity index (χ0v) is 32.8. The Morgan fingerprint density at radius 3 is 1.22 bits per heavy atom. The monoisotopic (exact) mass is 770 g/mol. The summed E-state index contributed by atoms with van der Waals surface area (Å²) < 4.78 is 21.0. The number of rotatable bonds is 7. The molecule has 0 fully saturated rings. The molecule has 1 aliphatic heterocycles. The Balaban J connectivity index is 1.06. The number of ether oxygens (including phenoxy) is 1. The fourth-order valence-corrected chi connectivity index (χ4v) is 10.0. The highest BCUT2D eigenvalue weighted by atomic mass is 19.1. The van der Waals surface area contributed by atoms with Crippen LogP contribution in [0.5, 0.6) is 11.5 Å². The van der Waals surface area contributed by atoms with Gasteiger partial charge in [0, 0.05) is 11.1 Å². The SMILES string of the molecule is Fc1ccc(/C(=C\c2ccc(C3(c4ccccc4)c4ccccc4-c4ccccc43)cc2)c2ccc(C3(c4ccccc4)c4ccccc4Oc4ccccc43)cc2)cc1. The normalized spacial score (nSPS) is 14.2. The van der Waals surface area contributed by atoms with Crippen molar-refractivity contribution in [3.05, 3.63) is 298 Å². The summed E-state index contributed by atoms with van der Waals surface area (Å²) in [5, 5.41) is 0. The van der Waals surface area contributed by atoms with E-state index in [-0.39, 0.29) is 5.82 Å². The van der Waals surface area contributed by atoms with Crippen molar-refractivity contribution in [3.63, 3.8) is 0 Å². The maximum Gasteiger partial charge on any atom is 0.132 e. The average Bonchev–Trinajstić information content (AvgIpc) is 3.62. The van der Waals surface area contributed by atoms with Crippen molar-refractivity contribution in [3.8, 4) is 22.6 Å². The van der Waals surface area contributed by atoms with Crippen LogP contribution in [0.4, 0.5) is 4.39 Å². The van der Waals surface area contributed by atoms with Crippen LogP contribution in [0.3, 0.4) is 0 Å². The summed E-state index contributed by atoms with van der Waals surface area (Å²) in [4.78, 5) is 0. The molecule has 9 aromatic rings. The van der Waals surface area contributed by atoms with Gasteiger partial charge < -0.3 is 4.74 Å². The van der Waals surface area contributed by atoms with E-state index in [1.165, 1.54) is 33.4 Å². The van der Waals surface area contributed by atoms with Crippen LogP contribution in [0, 0.1) is 5.82 Å². The Morgan fingerprint density at radius 2 is 0.717 bits per heavy atom. The Labute approximate surface area is 350 Å². The minimum absolute atomic E-state index is 0.261. The molecular formula is C58H39FO. The highest BCUT2D eigenvalue weighted by molar-refractivity contribution is 5.92. The largest absolute Gasteiger partial charge is 0.457 e. The van der Waals surface area contributed by atoms with E-state index in [1.807, 2.05) is 24.3 Å². The smallest absolute Gasteiger partial charge is 0.132 e. The lowest BCUT2D eigenvalue weighted by atomic mass is 9.63. The molecule has 1 heterocycles. The molecular weight excluding hydrogens is 732 g/mol. The van der Waals surface area contributed by atoms with Crippen molar-refractivity contribution in [2.45, 2.75) is 10.8 Å². The summed E-state index contributed by atoms with van der Waals surface area (Å²) in [6.07, 6.45) is 2.23. The van der Waals surface area contributed by atoms with Crippen molar-refractivity contribution in [2.75, 3.05) is 0 Å². The molecule has 1 nitrogen and oxygen atoms in total. The summed E-state index contributed by atoms with van der Waals surface area (Å²) in [5.41, 5.74) is 15.0. The Kier molecular flexibility index (Phi) is 8.53. The third-order valence-electron chi connectivity index (χ3n) is 12.6. The zero-order chi connectivity index (χ0) is 40.1. The van der Waals surface area contributed by atoms with Crippen molar-refractivity contribution in [1.82, 2.24) is 0 Å². The number of para-hydroxylation sites is 2. The predicted molar refractivity (Wildman–Crippen MR) is 242 cm³/mol. The summed E-state index contributed by atoms with van der Waals surface area (Å²) in [7, 11) is 0. The first kappa shape index (κ1) is 35.6. The maximum absolute atomic E-state index is 14.4. The molecule has 0 amide bonds. The first-order chi connectivity index (χ1) is 29.7. The predicted octanol–water partition coefficient (Wildman–Crippen LogP) is 14.3. The van der Waals surface area contributed by atoms with Gasteiger partial charge in [-0.25, -0.2) is 4.39 Å². The van der Waals surface area contributed by atoms with Gasteiger partial charge in [0.05, 0.1) is 10.8 Å². The second-order valence-corrected chi connectivity index (χ2v) is 15.7. The number of halogens is 1. The highest BCUT2D eigenvalue weighted by Gasteiger charge is 2.46. The lowest BCUT2D eigenvalue weighted by Crippen LogP contribution is -2.34. The van der Waals surface area contributed by atoms with Crippen LogP contribution >= 0.6 is 0 Å². The van der Waals surface area contributed by atoms with Gasteiger partial charge in [0.1, 0.15) is 17.3 Å². The third-order valence-corrected chi connectivity index (χ3v) is 12.6. The van der Waals surface area contributed by atoms with Crippen molar-refractivity contribution in [2.24, 2.45) is 0 Å². The molecule has 2 aliphatic rings. The molecule has 0 saturated heterocycles. The molecule has 0 spiro atoms. The van der Waals surface area contributed by atoms with Crippen LogP contribution in [0.25, 0.3) is 22.8 Å². The zero-order valence-electron chi connectivity index (χ0n) is 32.8. The minimum Gasteiger partial charge on any atom is -0.457 e. The van der Waals surface area contributed by atoms with Gasteiger partial charge in [0.2, 0.25) is 0 Å². The summed E-state index contributed by atoms with van der Waals surface area (Å²) in [6, 6.07) is 80.7. The van der Waals surface area contributed by atoms with Crippen LogP contribution in [-0.4, -0.2) is 0 Å². The first-order valence-electron chi connectivity index (χ1n) is 20.5. The van der Waals surface area contributed by atoms with Crippen LogP contribution in [0.2, 0.25) is 0 Å². The quantitative estimate of drug-likeness (QED) is 0.147. The van der Waals surface area contributed by atoms with E-state index >= 15 is 0 Å². The number of benzene rings is 9. The van der Waals surface area contributed by atoms with Crippen molar-refractivity contribution in [1.29, 1.82) is 0 Å². The van der Waals surface area contributed by atoms with E-state index in [0.717, 1.165) is 56.0 Å². The maximum atomic E-state index is 14.4. The van der Waals surface area contributed by atoms with Crippen LogP contribution in [0.1, 0.15) is 61.2 Å². The third kappa shape index (κ3) is 5.45. The van der Waals surface area contributed by atoms with E-state index in [4.69, 9.17) is 4.74 Å². The van der Waals surface area contributed by atoms with Gasteiger partial charge in [0.25, 0.3) is 0 Å². The molecule has 2 heteroatoms. The molecule has 284 valence electrons. The highest BCUT2D eigenvalue weighted by Crippen LogP contribution is 2.57. The fraction of sp³-hybridized carbons (Fsp3) is 0.0345. The molecule has 0 atom stereocenters. The fourth-order valence-electron chi connectivity index (χ4n) is 10.0. The molecule has 0 N–H and O–H groups in total. The second-order valence-electron chi connectivity index (χ2n) is 15.7. The molecule has 60 heavy (non-hydrogen) atoms.